The van der Waals surface area contributed by atoms with Crippen LogP contribution in [0.5, 0.6) is 5.75 Å². The summed E-state index contributed by atoms with van der Waals surface area (Å²) in [6, 6.07) is 5.09. The molecule has 0 aliphatic heterocycles. The minimum absolute atomic E-state index is 0.143. The second kappa shape index (κ2) is 8.77. The van der Waals surface area contributed by atoms with Crippen molar-refractivity contribution in [1.29, 1.82) is 0 Å². The maximum absolute atomic E-state index is 12.3. The van der Waals surface area contributed by atoms with Crippen molar-refractivity contribution in [2.24, 2.45) is 0 Å². The van der Waals surface area contributed by atoms with Gasteiger partial charge in [-0.3, -0.25) is 4.79 Å². The molecule has 1 atom stereocenters. The Hall–Kier alpha value is -0.960. The highest BCUT2D eigenvalue weighted by Gasteiger charge is 2.19. The Labute approximate surface area is 152 Å². The van der Waals surface area contributed by atoms with Gasteiger partial charge in [0.2, 0.25) is 5.91 Å². The average Bonchev–Trinajstić information content (AvgIpc) is 2.95. The molecule has 5 nitrogen and oxygen atoms in total. The van der Waals surface area contributed by atoms with Gasteiger partial charge in [0.25, 0.3) is 0 Å². The van der Waals surface area contributed by atoms with Crippen molar-refractivity contribution in [1.82, 2.24) is 10.2 Å². The van der Waals surface area contributed by atoms with Crippen molar-refractivity contribution in [2.75, 3.05) is 18.2 Å². The quantitative estimate of drug-likeness (QED) is 0.706. The molecule has 23 heavy (non-hydrogen) atoms. The lowest BCUT2D eigenvalue weighted by molar-refractivity contribution is -0.115. The third-order valence-electron chi connectivity index (χ3n) is 2.72. The number of benzene rings is 1. The predicted molar refractivity (Wildman–Crippen MR) is 98.3 cm³/mol. The first-order valence-corrected chi connectivity index (χ1v) is 9.86. The molecule has 1 aromatic carbocycles. The summed E-state index contributed by atoms with van der Waals surface area (Å²) < 4.78 is 6.92. The molecule has 0 bridgehead atoms. The topological polar surface area (TPSA) is 64.1 Å². The normalized spacial score (nSPS) is 12.0. The number of aromatic nitrogens is 2. The van der Waals surface area contributed by atoms with E-state index in [1.165, 1.54) is 23.1 Å². The molecule has 0 spiro atoms. The molecule has 2 rings (SSSR count). The van der Waals surface area contributed by atoms with Gasteiger partial charge in [-0.05, 0) is 30.9 Å². The van der Waals surface area contributed by atoms with E-state index in [2.05, 4.69) is 22.4 Å². The van der Waals surface area contributed by atoms with Crippen LogP contribution in [0.2, 0.25) is 5.02 Å². The predicted octanol–water partition coefficient (Wildman–Crippen LogP) is 4.43. The average molecular weight is 390 g/mol. The maximum Gasteiger partial charge on any atom is 0.237 e. The van der Waals surface area contributed by atoms with Crippen LogP contribution >= 0.6 is 46.5 Å². The third kappa shape index (κ3) is 5.27. The molecule has 0 saturated carbocycles. The lowest BCUT2D eigenvalue weighted by Gasteiger charge is -2.13. The number of rotatable bonds is 7. The van der Waals surface area contributed by atoms with E-state index in [0.717, 1.165) is 14.4 Å². The van der Waals surface area contributed by atoms with Gasteiger partial charge in [0, 0.05) is 5.02 Å². The molecule has 1 heterocycles. The van der Waals surface area contributed by atoms with Crippen LogP contribution in [0.4, 0.5) is 5.69 Å². The molecule has 0 fully saturated rings. The summed E-state index contributed by atoms with van der Waals surface area (Å²) in [5, 5.41) is 11.2. The summed E-state index contributed by atoms with van der Waals surface area (Å²) >= 11 is 10.5. The molecule has 0 radical (unpaired) electrons. The van der Waals surface area contributed by atoms with Crippen LogP contribution in [0.25, 0.3) is 0 Å². The van der Waals surface area contributed by atoms with E-state index in [1.807, 2.05) is 6.92 Å². The molecule has 1 N–H and O–H groups in total. The van der Waals surface area contributed by atoms with Gasteiger partial charge in [-0.15, -0.1) is 10.2 Å². The summed E-state index contributed by atoms with van der Waals surface area (Å²) in [6.07, 6.45) is 0. The Bertz CT molecular complexity index is 681. The molecule has 0 saturated heterocycles. The maximum atomic E-state index is 12.3. The Morgan fingerprint density at radius 2 is 2.17 bits per heavy atom. The zero-order chi connectivity index (χ0) is 16.8. The summed E-state index contributed by atoms with van der Waals surface area (Å²) in [5.74, 6) is 1.37. The minimum atomic E-state index is -0.314. The van der Waals surface area contributed by atoms with E-state index in [1.54, 1.807) is 37.1 Å². The second-order valence-corrected chi connectivity index (χ2v) is 8.87. The molecule has 124 valence electrons. The van der Waals surface area contributed by atoms with Crippen molar-refractivity contribution >= 4 is 58.1 Å². The van der Waals surface area contributed by atoms with E-state index in [-0.39, 0.29) is 11.2 Å². The number of hydrogen-bond acceptors (Lipinski definition) is 7. The summed E-state index contributed by atoms with van der Waals surface area (Å²) in [7, 11) is 1.55. The van der Waals surface area contributed by atoms with E-state index >= 15 is 0 Å². The first-order valence-electron chi connectivity index (χ1n) is 6.80. The van der Waals surface area contributed by atoms with Crippen LogP contribution in [0, 0.1) is 0 Å². The molecule has 1 aromatic heterocycles. The van der Waals surface area contributed by atoms with Gasteiger partial charge in [-0.25, -0.2) is 0 Å². The Kier molecular flexibility index (Phi) is 7.01. The number of anilines is 1. The standard InChI is InChI=1S/C14H16ClN3O2S3/c1-4-21-13-17-18-14(23-13)22-8(2)12(19)16-10-7-9(15)5-6-11(10)20-3/h5-8H,4H2,1-3H3,(H,16,19)/t8-/m1/s1. The first kappa shape index (κ1) is 18.4. The van der Waals surface area contributed by atoms with Crippen LogP contribution in [0.1, 0.15) is 13.8 Å². The number of carbonyl (C=O) groups excluding carboxylic acids is 1. The van der Waals surface area contributed by atoms with Crippen LogP contribution in [0.3, 0.4) is 0 Å². The highest BCUT2D eigenvalue weighted by molar-refractivity contribution is 8.03. The number of nitrogens with zero attached hydrogens (tertiary/aromatic N) is 2. The first-order chi connectivity index (χ1) is 11.0. The molecule has 2 aromatic rings. The highest BCUT2D eigenvalue weighted by atomic mass is 35.5. The van der Waals surface area contributed by atoms with E-state index in [9.17, 15) is 4.79 Å². The highest BCUT2D eigenvalue weighted by Crippen LogP contribution is 2.32. The van der Waals surface area contributed by atoms with Gasteiger partial charge in [0.15, 0.2) is 8.68 Å². The minimum Gasteiger partial charge on any atom is -0.495 e. The van der Waals surface area contributed by atoms with E-state index in [0.29, 0.717) is 16.5 Å². The Morgan fingerprint density at radius 1 is 1.43 bits per heavy atom. The van der Waals surface area contributed by atoms with Crippen molar-refractivity contribution in [3.05, 3.63) is 23.2 Å². The molecule has 0 aliphatic carbocycles. The smallest absolute Gasteiger partial charge is 0.237 e. The number of halogens is 1. The molecular weight excluding hydrogens is 374 g/mol. The fourth-order valence-corrected chi connectivity index (χ4v) is 4.88. The lowest BCUT2D eigenvalue weighted by atomic mass is 10.3. The zero-order valence-electron chi connectivity index (χ0n) is 12.8. The Balaban J connectivity index is 2.00. The molecule has 1 amide bonds. The zero-order valence-corrected chi connectivity index (χ0v) is 16.0. The lowest BCUT2D eigenvalue weighted by Crippen LogP contribution is -2.22. The summed E-state index contributed by atoms with van der Waals surface area (Å²) in [5.41, 5.74) is 0.553. The van der Waals surface area contributed by atoms with Gasteiger partial charge in [0.1, 0.15) is 5.75 Å². The number of carbonyl (C=O) groups is 1. The van der Waals surface area contributed by atoms with Crippen LogP contribution in [-0.2, 0) is 4.79 Å². The van der Waals surface area contributed by atoms with Crippen LogP contribution in [-0.4, -0.2) is 34.2 Å². The van der Waals surface area contributed by atoms with Gasteiger partial charge in [-0.2, -0.15) is 0 Å². The van der Waals surface area contributed by atoms with Crippen LogP contribution < -0.4 is 10.1 Å². The van der Waals surface area contributed by atoms with E-state index < -0.39 is 0 Å². The number of hydrogen-bond donors (Lipinski definition) is 1. The number of thioether (sulfide) groups is 2. The monoisotopic (exact) mass is 389 g/mol. The molecule has 0 aliphatic rings. The van der Waals surface area contributed by atoms with Crippen molar-refractivity contribution in [2.45, 2.75) is 27.8 Å². The SMILES string of the molecule is CCSc1nnc(S[C@H](C)C(=O)Nc2cc(Cl)ccc2OC)s1. The number of nitrogens with one attached hydrogen (secondary N) is 1. The fraction of sp³-hybridized carbons (Fsp3) is 0.357. The summed E-state index contributed by atoms with van der Waals surface area (Å²) in [4.78, 5) is 12.3. The number of ether oxygens (including phenoxy) is 1. The third-order valence-corrected chi connectivity index (χ3v) is 6.08. The van der Waals surface area contributed by atoms with Gasteiger partial charge in [-0.1, -0.05) is 53.4 Å². The largest absolute Gasteiger partial charge is 0.495 e. The van der Waals surface area contributed by atoms with E-state index in [4.69, 9.17) is 16.3 Å². The summed E-state index contributed by atoms with van der Waals surface area (Å²) in [6.45, 7) is 3.89. The van der Waals surface area contributed by atoms with Gasteiger partial charge < -0.3 is 10.1 Å². The van der Waals surface area contributed by atoms with Crippen molar-refractivity contribution < 1.29 is 9.53 Å². The fourth-order valence-electron chi connectivity index (χ4n) is 1.64. The van der Waals surface area contributed by atoms with Crippen molar-refractivity contribution in [3.8, 4) is 5.75 Å². The number of methoxy groups -OCH3 is 1. The second-order valence-electron chi connectivity index (χ2n) is 4.36. The van der Waals surface area contributed by atoms with Crippen molar-refractivity contribution in [3.63, 3.8) is 0 Å². The Morgan fingerprint density at radius 3 is 2.87 bits per heavy atom. The van der Waals surface area contributed by atoms with Crippen LogP contribution in [0.15, 0.2) is 26.9 Å². The molecule has 0 unspecified atom stereocenters. The molecule has 9 heteroatoms. The van der Waals surface area contributed by atoms with Gasteiger partial charge >= 0.3 is 0 Å². The molecular formula is C14H16ClN3O2S3. The van der Waals surface area contributed by atoms with Gasteiger partial charge in [0.05, 0.1) is 18.0 Å². The number of amides is 1.